The molecule has 0 amide bonds. The van der Waals surface area contributed by atoms with E-state index in [4.69, 9.17) is 9.47 Å². The number of carboxylic acid groups (broad SMARTS) is 1. The number of hydrogen-bond acceptors (Lipinski definition) is 4. The van der Waals surface area contributed by atoms with Gasteiger partial charge >= 0.3 is 5.97 Å². The molecule has 1 heterocycles. The Morgan fingerprint density at radius 2 is 1.53 bits per heavy atom. The van der Waals surface area contributed by atoms with Crippen LogP contribution in [0.4, 0.5) is 0 Å². The Balaban J connectivity index is 1.24. The van der Waals surface area contributed by atoms with Crippen LogP contribution in [0.2, 0.25) is 0 Å². The van der Waals surface area contributed by atoms with E-state index in [1.165, 1.54) is 54.9 Å². The Morgan fingerprint density at radius 1 is 0.868 bits per heavy atom. The highest BCUT2D eigenvalue weighted by atomic mass is 16.5. The molecular weight excluding hydrogens is 474 g/mol. The van der Waals surface area contributed by atoms with Crippen molar-refractivity contribution in [2.24, 2.45) is 17.8 Å². The molecule has 4 bridgehead atoms. The molecule has 1 saturated heterocycles. The summed E-state index contributed by atoms with van der Waals surface area (Å²) in [4.78, 5) is 13.7. The number of carbonyl (C=O) groups is 1. The number of nitrogens with zero attached hydrogens (tertiary/aromatic N) is 1. The first-order valence-corrected chi connectivity index (χ1v) is 14.4. The van der Waals surface area contributed by atoms with E-state index in [1.54, 1.807) is 12.1 Å². The van der Waals surface area contributed by atoms with Crippen LogP contribution in [-0.2, 0) is 10.2 Å². The first-order chi connectivity index (χ1) is 18.5. The van der Waals surface area contributed by atoms with Crippen molar-refractivity contribution >= 4 is 16.7 Å². The molecule has 5 heteroatoms. The summed E-state index contributed by atoms with van der Waals surface area (Å²) in [5, 5.41) is 11.7. The summed E-state index contributed by atoms with van der Waals surface area (Å²) >= 11 is 0. The molecule has 0 atom stereocenters. The van der Waals surface area contributed by atoms with Crippen LogP contribution in [0.1, 0.15) is 54.4 Å². The molecule has 38 heavy (non-hydrogen) atoms. The largest absolute Gasteiger partial charge is 0.492 e. The van der Waals surface area contributed by atoms with Crippen LogP contribution in [0.5, 0.6) is 5.75 Å². The van der Waals surface area contributed by atoms with Gasteiger partial charge in [-0.1, -0.05) is 24.3 Å². The smallest absolute Gasteiger partial charge is 0.335 e. The van der Waals surface area contributed by atoms with Gasteiger partial charge in [-0.05, 0) is 114 Å². The molecule has 0 spiro atoms. The van der Waals surface area contributed by atoms with Crippen LogP contribution in [0.25, 0.3) is 21.9 Å². The fourth-order valence-electron chi connectivity index (χ4n) is 8.35. The Kier molecular flexibility index (Phi) is 6.17. The van der Waals surface area contributed by atoms with Gasteiger partial charge in [0.15, 0.2) is 0 Å². The monoisotopic (exact) mass is 511 g/mol. The summed E-state index contributed by atoms with van der Waals surface area (Å²) in [6.45, 7) is 5.25. The van der Waals surface area contributed by atoms with E-state index in [-0.39, 0.29) is 5.41 Å². The maximum Gasteiger partial charge on any atom is 0.335 e. The lowest BCUT2D eigenvalue weighted by Gasteiger charge is -2.57. The van der Waals surface area contributed by atoms with Gasteiger partial charge in [0, 0.05) is 25.2 Å². The normalized spacial score (nSPS) is 28.6. The van der Waals surface area contributed by atoms with E-state index in [0.717, 1.165) is 67.5 Å². The van der Waals surface area contributed by atoms with Gasteiger partial charge in [-0.3, -0.25) is 4.90 Å². The predicted octanol–water partition coefficient (Wildman–Crippen LogP) is 6.38. The first kappa shape index (κ1) is 24.2. The number of fused-ring (bicyclic) bond motifs is 1. The highest BCUT2D eigenvalue weighted by Gasteiger charge is 2.52. The Morgan fingerprint density at radius 3 is 2.18 bits per heavy atom. The highest BCUT2D eigenvalue weighted by Crippen LogP contribution is 2.62. The molecular formula is C33H37NO4. The van der Waals surface area contributed by atoms with Crippen LogP contribution in [0.3, 0.4) is 0 Å². The Hall–Kier alpha value is -2.89. The number of aromatic carboxylic acids is 1. The average Bonchev–Trinajstić information content (AvgIpc) is 2.92. The molecule has 1 N–H and O–H groups in total. The van der Waals surface area contributed by atoms with Gasteiger partial charge in [0.2, 0.25) is 0 Å². The quantitative estimate of drug-likeness (QED) is 0.399. The minimum absolute atomic E-state index is 0.246. The molecule has 1 aliphatic heterocycles. The van der Waals surface area contributed by atoms with Crippen LogP contribution in [-0.4, -0.2) is 55.4 Å². The summed E-state index contributed by atoms with van der Waals surface area (Å²) in [6.07, 6.45) is 8.20. The van der Waals surface area contributed by atoms with Gasteiger partial charge in [-0.25, -0.2) is 4.79 Å². The first-order valence-electron chi connectivity index (χ1n) is 14.4. The van der Waals surface area contributed by atoms with E-state index in [9.17, 15) is 9.90 Å². The summed E-state index contributed by atoms with van der Waals surface area (Å²) in [6, 6.07) is 18.5. The topological polar surface area (TPSA) is 59.0 Å². The fraction of sp³-hybridized carbons (Fsp3) is 0.485. The maximum absolute atomic E-state index is 11.3. The number of ether oxygens (including phenoxy) is 2. The van der Waals surface area contributed by atoms with E-state index in [0.29, 0.717) is 12.2 Å². The van der Waals surface area contributed by atoms with Crippen molar-refractivity contribution in [3.8, 4) is 16.9 Å². The second kappa shape index (κ2) is 9.69. The third-order valence-corrected chi connectivity index (χ3v) is 9.78. The number of morpholine rings is 1. The van der Waals surface area contributed by atoms with Crippen molar-refractivity contribution < 1.29 is 19.4 Å². The molecule has 5 nitrogen and oxygen atoms in total. The summed E-state index contributed by atoms with van der Waals surface area (Å²) in [7, 11) is 0. The lowest BCUT2D eigenvalue weighted by Crippen LogP contribution is -2.48. The summed E-state index contributed by atoms with van der Waals surface area (Å²) in [5.74, 6) is 2.81. The molecule has 5 fully saturated rings. The number of carboxylic acids is 1. The maximum atomic E-state index is 11.3. The summed E-state index contributed by atoms with van der Waals surface area (Å²) in [5.41, 5.74) is 4.16. The second-order valence-corrected chi connectivity index (χ2v) is 12.3. The van der Waals surface area contributed by atoms with Gasteiger partial charge in [-0.15, -0.1) is 0 Å². The van der Waals surface area contributed by atoms with Crippen molar-refractivity contribution in [2.45, 2.75) is 43.9 Å². The van der Waals surface area contributed by atoms with Gasteiger partial charge < -0.3 is 14.6 Å². The van der Waals surface area contributed by atoms with E-state index in [2.05, 4.69) is 35.2 Å². The Bertz CT molecular complexity index is 1310. The minimum Gasteiger partial charge on any atom is -0.492 e. The third-order valence-electron chi connectivity index (χ3n) is 9.78. The van der Waals surface area contributed by atoms with Crippen molar-refractivity contribution in [3.05, 3.63) is 65.7 Å². The van der Waals surface area contributed by atoms with Crippen molar-refractivity contribution in [3.63, 3.8) is 0 Å². The lowest BCUT2D eigenvalue weighted by molar-refractivity contribution is -0.00661. The van der Waals surface area contributed by atoms with Crippen LogP contribution < -0.4 is 4.74 Å². The fourth-order valence-corrected chi connectivity index (χ4v) is 8.35. The molecule has 3 aromatic carbocycles. The zero-order valence-corrected chi connectivity index (χ0v) is 22.0. The van der Waals surface area contributed by atoms with Crippen LogP contribution >= 0.6 is 0 Å². The van der Waals surface area contributed by atoms with Gasteiger partial charge in [-0.2, -0.15) is 0 Å². The van der Waals surface area contributed by atoms with E-state index >= 15 is 0 Å². The molecule has 3 aromatic rings. The zero-order chi connectivity index (χ0) is 25.7. The lowest BCUT2D eigenvalue weighted by atomic mass is 9.48. The van der Waals surface area contributed by atoms with Gasteiger partial charge in [0.05, 0.1) is 18.8 Å². The zero-order valence-electron chi connectivity index (χ0n) is 22.0. The standard InChI is InChI=1S/C33H37NO4/c35-32(36)26-3-1-25(2-4-26)27-5-6-28-18-31(38-12-9-34-7-10-37-11-8-34)30(17-29(28)16-27)33-19-22-13-23(20-33)15-24(14-22)21-33/h1-6,16-18,22-24H,7-15,19-21H2,(H,35,36). The molecule has 0 unspecified atom stereocenters. The van der Waals surface area contributed by atoms with Crippen molar-refractivity contribution in [2.75, 3.05) is 39.5 Å². The molecule has 198 valence electrons. The van der Waals surface area contributed by atoms with E-state index < -0.39 is 5.97 Å². The number of hydrogen-bond donors (Lipinski definition) is 1. The molecule has 4 aliphatic carbocycles. The van der Waals surface area contributed by atoms with E-state index in [1.807, 2.05) is 12.1 Å². The molecule has 5 aliphatic rings. The number of rotatable bonds is 7. The van der Waals surface area contributed by atoms with Crippen molar-refractivity contribution in [1.82, 2.24) is 4.90 Å². The Labute approximate surface area is 224 Å². The minimum atomic E-state index is -0.892. The molecule has 0 radical (unpaired) electrons. The second-order valence-electron chi connectivity index (χ2n) is 12.3. The predicted molar refractivity (Wildman–Crippen MR) is 149 cm³/mol. The highest BCUT2D eigenvalue weighted by molar-refractivity contribution is 5.91. The van der Waals surface area contributed by atoms with Gasteiger partial charge in [0.1, 0.15) is 12.4 Å². The molecule has 0 aromatic heterocycles. The molecule has 4 saturated carbocycles. The van der Waals surface area contributed by atoms with Crippen LogP contribution in [0.15, 0.2) is 54.6 Å². The average molecular weight is 512 g/mol. The SMILES string of the molecule is O=C(O)c1ccc(-c2ccc3cc(OCCN4CCOCC4)c(C45CC6CC(CC(C6)C4)C5)cc3c2)cc1. The van der Waals surface area contributed by atoms with Crippen LogP contribution in [0, 0.1) is 17.8 Å². The van der Waals surface area contributed by atoms with Gasteiger partial charge in [0.25, 0.3) is 0 Å². The third kappa shape index (κ3) is 4.50. The summed E-state index contributed by atoms with van der Waals surface area (Å²) < 4.78 is 12.2. The van der Waals surface area contributed by atoms with Crippen molar-refractivity contribution in [1.29, 1.82) is 0 Å². The number of benzene rings is 3. The molecule has 8 rings (SSSR count).